The Hall–Kier alpha value is -0.848. The topological polar surface area (TPSA) is 27.7 Å². The van der Waals surface area contributed by atoms with Gasteiger partial charge in [-0.25, -0.2) is 0 Å². The third kappa shape index (κ3) is 2.57. The van der Waals surface area contributed by atoms with E-state index in [1.54, 1.807) is 0 Å². The second-order valence-electron chi connectivity index (χ2n) is 7.07. The number of hydrogen-bond acceptors (Lipinski definition) is 3. The quantitative estimate of drug-likeness (QED) is 0.739. The van der Waals surface area contributed by atoms with Gasteiger partial charge in [0, 0.05) is 11.1 Å². The van der Waals surface area contributed by atoms with E-state index in [1.807, 2.05) is 0 Å². The molecule has 19 heavy (non-hydrogen) atoms. The largest absolute Gasteiger partial charge is 0.647 e. The molecule has 0 fully saturated rings. The number of rotatable bonds is 1. The first-order valence-electron chi connectivity index (χ1n) is 6.68. The van der Waals surface area contributed by atoms with E-state index >= 15 is 0 Å². The van der Waals surface area contributed by atoms with Crippen LogP contribution in [0.2, 0.25) is 0 Å². The first-order valence-corrected chi connectivity index (χ1v) is 7.49. The molecule has 1 aromatic rings. The van der Waals surface area contributed by atoms with E-state index in [-0.39, 0.29) is 10.8 Å². The van der Waals surface area contributed by atoms with E-state index in [9.17, 15) is 0 Å². The third-order valence-corrected chi connectivity index (χ3v) is 3.79. The maximum Gasteiger partial charge on any atom is 0.496 e. The fourth-order valence-electron chi connectivity index (χ4n) is 2.48. The van der Waals surface area contributed by atoms with Gasteiger partial charge >= 0.3 is 16.6 Å². The number of fused-ring (bicyclic) bond motifs is 1. The number of ether oxygens (including phenoxy) is 2. The van der Waals surface area contributed by atoms with Crippen LogP contribution in [0, 0.1) is 0 Å². The van der Waals surface area contributed by atoms with Gasteiger partial charge in [-0.05, 0) is 16.9 Å². The van der Waals surface area contributed by atoms with Crippen molar-refractivity contribution in [3.63, 3.8) is 0 Å². The molecule has 2 rings (SSSR count). The molecule has 0 saturated carbocycles. The lowest BCUT2D eigenvalue weighted by Crippen LogP contribution is -2.19. The van der Waals surface area contributed by atoms with Crippen molar-refractivity contribution in [2.24, 2.45) is 0 Å². The first kappa shape index (κ1) is 14.6. The zero-order valence-corrected chi connectivity index (χ0v) is 15.0. The average molecular weight is 278 g/mol. The minimum absolute atomic E-state index is 0.0146. The van der Waals surface area contributed by atoms with Crippen molar-refractivity contribution in [3.8, 4) is 17.2 Å². The first-order chi connectivity index (χ1) is 8.66. The highest BCUT2D eigenvalue weighted by atomic mass is 27.1. The number of hydrogen-bond donors (Lipinski definition) is 0. The molecule has 0 N–H and O–H groups in total. The highest BCUT2D eigenvalue weighted by Gasteiger charge is 2.34. The summed E-state index contributed by atoms with van der Waals surface area (Å²) in [6, 6.07) is 2.07. The summed E-state index contributed by atoms with van der Waals surface area (Å²) < 4.78 is 17.1. The van der Waals surface area contributed by atoms with Crippen LogP contribution in [-0.4, -0.2) is 23.4 Å². The summed E-state index contributed by atoms with van der Waals surface area (Å²) in [5, 5.41) is 0. The summed E-state index contributed by atoms with van der Waals surface area (Å²) in [6.45, 7) is 13.4. The molecule has 0 saturated heterocycles. The van der Waals surface area contributed by atoms with Crippen LogP contribution in [0.3, 0.4) is 0 Å². The Morgan fingerprint density at radius 3 is 2.16 bits per heavy atom. The molecular weight excluding hydrogens is 255 g/mol. The summed E-state index contributed by atoms with van der Waals surface area (Å²) >= 11 is 0.664. The van der Waals surface area contributed by atoms with Crippen LogP contribution in [-0.2, 0) is 10.8 Å². The van der Waals surface area contributed by atoms with Crippen molar-refractivity contribution >= 4 is 16.6 Å². The van der Waals surface area contributed by atoms with E-state index in [4.69, 9.17) is 13.3 Å². The Morgan fingerprint density at radius 2 is 1.68 bits per heavy atom. The smallest absolute Gasteiger partial charge is 0.496 e. The van der Waals surface area contributed by atoms with Gasteiger partial charge in [-0.1, -0.05) is 41.5 Å². The fourth-order valence-corrected chi connectivity index (χ4v) is 2.90. The molecule has 1 aromatic carbocycles. The Kier molecular flexibility index (Phi) is 3.53. The van der Waals surface area contributed by atoms with Gasteiger partial charge in [0.25, 0.3) is 0 Å². The summed E-state index contributed by atoms with van der Waals surface area (Å²) in [7, 11) is 0. The average Bonchev–Trinajstić information content (AvgIpc) is 2.70. The van der Waals surface area contributed by atoms with E-state index in [1.165, 1.54) is 5.56 Å². The second-order valence-corrected chi connectivity index (χ2v) is 7.47. The van der Waals surface area contributed by atoms with Crippen molar-refractivity contribution in [2.75, 3.05) is 6.79 Å². The highest BCUT2D eigenvalue weighted by Crippen LogP contribution is 2.51. The molecule has 0 radical (unpaired) electrons. The highest BCUT2D eigenvalue weighted by molar-refractivity contribution is 6.00. The van der Waals surface area contributed by atoms with Crippen LogP contribution in [0.5, 0.6) is 17.2 Å². The van der Waals surface area contributed by atoms with E-state index in [0.29, 0.717) is 23.4 Å². The number of benzene rings is 1. The normalized spacial score (nSPS) is 14.6. The molecule has 1 aliphatic rings. The van der Waals surface area contributed by atoms with Crippen molar-refractivity contribution in [1.29, 1.82) is 0 Å². The Labute approximate surface area is 124 Å². The van der Waals surface area contributed by atoms with E-state index in [2.05, 4.69) is 47.6 Å². The van der Waals surface area contributed by atoms with Crippen LogP contribution in [0.25, 0.3) is 0 Å². The minimum atomic E-state index is -0.0429. The molecule has 1 aliphatic heterocycles. The molecule has 0 amide bonds. The van der Waals surface area contributed by atoms with Gasteiger partial charge in [0.15, 0.2) is 11.5 Å². The fraction of sp³-hybridized carbons (Fsp3) is 0.600. The predicted octanol–water partition coefficient (Wildman–Crippen LogP) is 2.94. The minimum Gasteiger partial charge on any atom is -0.647 e. The van der Waals surface area contributed by atoms with Crippen molar-refractivity contribution < 1.29 is 13.3 Å². The van der Waals surface area contributed by atoms with Crippen LogP contribution in [0.1, 0.15) is 52.7 Å². The van der Waals surface area contributed by atoms with Gasteiger partial charge in [-0.2, -0.15) is 0 Å². The lowest BCUT2D eigenvalue weighted by atomic mass is 9.79. The molecule has 0 aromatic heterocycles. The van der Waals surface area contributed by atoms with E-state index in [0.717, 1.165) is 22.8 Å². The molecule has 0 bridgehead atoms. The zero-order chi connectivity index (χ0) is 14.4. The monoisotopic (exact) mass is 278 g/mol. The molecule has 104 valence electrons. The van der Waals surface area contributed by atoms with E-state index < -0.39 is 0 Å². The summed E-state index contributed by atoms with van der Waals surface area (Å²) in [5.41, 5.74) is 2.29. The lowest BCUT2D eigenvalue weighted by Gasteiger charge is -2.30. The second kappa shape index (κ2) is 4.61. The summed E-state index contributed by atoms with van der Waals surface area (Å²) in [4.78, 5) is 0. The molecular formula is C15H23AlO3. The van der Waals surface area contributed by atoms with Crippen LogP contribution >= 0.6 is 0 Å². The van der Waals surface area contributed by atoms with Crippen LogP contribution < -0.4 is 13.3 Å². The maximum atomic E-state index is 5.86. The predicted molar refractivity (Wildman–Crippen MR) is 79.1 cm³/mol. The summed E-state index contributed by atoms with van der Waals surface area (Å²) in [5.74, 6) is 2.68. The molecule has 0 unspecified atom stereocenters. The van der Waals surface area contributed by atoms with Gasteiger partial charge in [0.2, 0.25) is 6.79 Å². The molecule has 4 heteroatoms. The standard InChI is InChI=1S/C15H22O3.Al.2H/c1-14(2,3)9-7-10-13(18-8-17-10)11(12(9)16)15(4,5)6;;;/h7,16H,8H2,1-6H3;;;/q;+1;;/p-1. The Bertz CT molecular complexity index is 496. The Morgan fingerprint density at radius 1 is 1.05 bits per heavy atom. The lowest BCUT2D eigenvalue weighted by molar-refractivity contribution is 0.172. The van der Waals surface area contributed by atoms with Crippen LogP contribution in [0.15, 0.2) is 6.07 Å². The third-order valence-electron chi connectivity index (χ3n) is 3.38. The van der Waals surface area contributed by atoms with Gasteiger partial charge in [0.1, 0.15) is 0 Å². The zero-order valence-electron chi connectivity index (χ0n) is 13.0. The van der Waals surface area contributed by atoms with Gasteiger partial charge in [-0.15, -0.1) is 0 Å². The van der Waals surface area contributed by atoms with Gasteiger partial charge < -0.3 is 13.3 Å². The van der Waals surface area contributed by atoms with Gasteiger partial charge in [-0.3, -0.25) is 0 Å². The molecule has 0 aliphatic carbocycles. The SMILES string of the molecule is CC(C)(C)c1cc2c(c(C(C)(C)C)c1[O][AlH2])OCO2. The Balaban J connectivity index is 2.80. The van der Waals surface area contributed by atoms with Crippen LogP contribution in [0.4, 0.5) is 0 Å². The molecule has 1 heterocycles. The molecule has 0 spiro atoms. The van der Waals surface area contributed by atoms with Crippen molar-refractivity contribution in [3.05, 3.63) is 17.2 Å². The van der Waals surface area contributed by atoms with Crippen molar-refractivity contribution in [1.82, 2.24) is 0 Å². The van der Waals surface area contributed by atoms with Crippen molar-refractivity contribution in [2.45, 2.75) is 52.4 Å². The molecule has 3 nitrogen and oxygen atoms in total. The molecule has 0 atom stereocenters. The van der Waals surface area contributed by atoms with Gasteiger partial charge in [0.05, 0.1) is 5.75 Å². The summed E-state index contributed by atoms with van der Waals surface area (Å²) in [6.07, 6.45) is 0. The maximum absolute atomic E-state index is 5.86.